The monoisotopic (exact) mass is 265 g/mol. The molecule has 1 aromatic rings. The Balaban J connectivity index is 2.40. The molecule has 0 aliphatic heterocycles. The van der Waals surface area contributed by atoms with Crippen LogP contribution in [0.1, 0.15) is 31.9 Å². The van der Waals surface area contributed by atoms with E-state index in [4.69, 9.17) is 9.84 Å². The van der Waals surface area contributed by atoms with Gasteiger partial charge >= 0.3 is 5.97 Å². The molecule has 0 atom stereocenters. The molecular formula is C15H23NO3. The number of benzene rings is 1. The molecule has 0 saturated heterocycles. The highest BCUT2D eigenvalue weighted by Crippen LogP contribution is 2.08. The molecule has 0 spiro atoms. The van der Waals surface area contributed by atoms with Crippen molar-refractivity contribution in [1.82, 2.24) is 5.32 Å². The molecular weight excluding hydrogens is 242 g/mol. The third kappa shape index (κ3) is 6.36. The van der Waals surface area contributed by atoms with Gasteiger partial charge in [0.25, 0.3) is 0 Å². The first-order valence-electron chi connectivity index (χ1n) is 6.57. The minimum atomic E-state index is -0.802. The summed E-state index contributed by atoms with van der Waals surface area (Å²) >= 11 is 0. The van der Waals surface area contributed by atoms with E-state index in [1.807, 2.05) is 31.2 Å². The number of rotatable bonds is 8. The Labute approximate surface area is 114 Å². The van der Waals surface area contributed by atoms with E-state index < -0.39 is 5.97 Å². The number of aliphatic carboxylic acids is 1. The fourth-order valence-corrected chi connectivity index (χ4v) is 1.90. The van der Waals surface area contributed by atoms with Crippen molar-refractivity contribution in [2.75, 3.05) is 13.2 Å². The Kier molecular flexibility index (Phi) is 5.99. The molecule has 1 aromatic carbocycles. The Bertz CT molecular complexity index is 398. The lowest BCUT2D eigenvalue weighted by Crippen LogP contribution is -2.37. The molecule has 0 heterocycles. The Hall–Kier alpha value is -1.39. The van der Waals surface area contributed by atoms with Crippen LogP contribution in [0.25, 0.3) is 0 Å². The van der Waals surface area contributed by atoms with Gasteiger partial charge in [0, 0.05) is 19.7 Å². The third-order valence-corrected chi connectivity index (χ3v) is 2.79. The molecule has 0 radical (unpaired) electrons. The second-order valence-corrected chi connectivity index (χ2v) is 5.18. The third-order valence-electron chi connectivity index (χ3n) is 2.79. The van der Waals surface area contributed by atoms with Crippen LogP contribution >= 0.6 is 0 Å². The van der Waals surface area contributed by atoms with Gasteiger partial charge in [0.2, 0.25) is 0 Å². The van der Waals surface area contributed by atoms with Gasteiger partial charge in [0.1, 0.15) is 0 Å². The SMILES string of the molecule is CCOC(C)(C)CNCc1ccc(CC(=O)O)cc1. The van der Waals surface area contributed by atoms with Crippen LogP contribution in [-0.2, 0) is 22.5 Å². The molecule has 0 unspecified atom stereocenters. The van der Waals surface area contributed by atoms with E-state index in [-0.39, 0.29) is 12.0 Å². The first-order valence-corrected chi connectivity index (χ1v) is 6.57. The molecule has 106 valence electrons. The van der Waals surface area contributed by atoms with Crippen molar-refractivity contribution in [3.8, 4) is 0 Å². The van der Waals surface area contributed by atoms with Crippen LogP contribution in [0.15, 0.2) is 24.3 Å². The summed E-state index contributed by atoms with van der Waals surface area (Å²) in [7, 11) is 0. The summed E-state index contributed by atoms with van der Waals surface area (Å²) in [6.07, 6.45) is 0.0745. The summed E-state index contributed by atoms with van der Waals surface area (Å²) in [5, 5.41) is 12.0. The molecule has 19 heavy (non-hydrogen) atoms. The van der Waals surface area contributed by atoms with Gasteiger partial charge in [0.05, 0.1) is 12.0 Å². The molecule has 0 aromatic heterocycles. The summed E-state index contributed by atoms with van der Waals surface area (Å²) < 4.78 is 5.60. The van der Waals surface area contributed by atoms with Gasteiger partial charge in [-0.05, 0) is 31.9 Å². The summed E-state index contributed by atoms with van der Waals surface area (Å²) in [5.74, 6) is -0.802. The van der Waals surface area contributed by atoms with Gasteiger partial charge < -0.3 is 15.2 Å². The van der Waals surface area contributed by atoms with Crippen molar-refractivity contribution < 1.29 is 14.6 Å². The lowest BCUT2D eigenvalue weighted by molar-refractivity contribution is -0.136. The van der Waals surface area contributed by atoms with Crippen LogP contribution in [0, 0.1) is 0 Å². The molecule has 0 fully saturated rings. The van der Waals surface area contributed by atoms with Crippen molar-refractivity contribution >= 4 is 5.97 Å². The Morgan fingerprint density at radius 2 is 1.84 bits per heavy atom. The maximum atomic E-state index is 10.6. The van der Waals surface area contributed by atoms with Crippen LogP contribution in [0.4, 0.5) is 0 Å². The van der Waals surface area contributed by atoms with Gasteiger partial charge in [0.15, 0.2) is 0 Å². The molecule has 1 rings (SSSR count). The van der Waals surface area contributed by atoms with Gasteiger partial charge in [-0.15, -0.1) is 0 Å². The zero-order valence-corrected chi connectivity index (χ0v) is 11.9. The van der Waals surface area contributed by atoms with Crippen molar-refractivity contribution in [1.29, 1.82) is 0 Å². The van der Waals surface area contributed by atoms with E-state index >= 15 is 0 Å². The molecule has 4 heteroatoms. The first kappa shape index (κ1) is 15.7. The van der Waals surface area contributed by atoms with Crippen LogP contribution < -0.4 is 5.32 Å². The number of carboxylic acids is 1. The maximum Gasteiger partial charge on any atom is 0.307 e. The number of hydrogen-bond acceptors (Lipinski definition) is 3. The highest BCUT2D eigenvalue weighted by Gasteiger charge is 2.16. The first-order chi connectivity index (χ1) is 8.93. The fraction of sp³-hybridized carbons (Fsp3) is 0.533. The zero-order valence-electron chi connectivity index (χ0n) is 11.9. The highest BCUT2D eigenvalue weighted by molar-refractivity contribution is 5.70. The van der Waals surface area contributed by atoms with Crippen LogP contribution in [0.2, 0.25) is 0 Å². The number of ether oxygens (including phenoxy) is 1. The fourth-order valence-electron chi connectivity index (χ4n) is 1.90. The predicted molar refractivity (Wildman–Crippen MR) is 75.2 cm³/mol. The van der Waals surface area contributed by atoms with E-state index in [0.717, 1.165) is 24.2 Å². The molecule has 0 aliphatic carbocycles. The summed E-state index contributed by atoms with van der Waals surface area (Å²) in [4.78, 5) is 10.6. The molecule has 0 amide bonds. The van der Waals surface area contributed by atoms with Crippen molar-refractivity contribution in [3.63, 3.8) is 0 Å². The maximum absolute atomic E-state index is 10.6. The second-order valence-electron chi connectivity index (χ2n) is 5.18. The Morgan fingerprint density at radius 3 is 2.37 bits per heavy atom. The van der Waals surface area contributed by atoms with Crippen LogP contribution in [-0.4, -0.2) is 29.8 Å². The Morgan fingerprint density at radius 1 is 1.26 bits per heavy atom. The van der Waals surface area contributed by atoms with Gasteiger partial charge in [-0.3, -0.25) is 4.79 Å². The lowest BCUT2D eigenvalue weighted by atomic mass is 10.1. The summed E-state index contributed by atoms with van der Waals surface area (Å²) in [6.45, 7) is 8.34. The molecule has 0 saturated carbocycles. The normalized spacial score (nSPS) is 11.5. The minimum absolute atomic E-state index is 0.0745. The average molecular weight is 265 g/mol. The van der Waals surface area contributed by atoms with E-state index in [0.29, 0.717) is 6.61 Å². The van der Waals surface area contributed by atoms with Gasteiger partial charge in [-0.1, -0.05) is 24.3 Å². The second kappa shape index (κ2) is 7.26. The quantitative estimate of drug-likeness (QED) is 0.756. The van der Waals surface area contributed by atoms with E-state index in [2.05, 4.69) is 19.2 Å². The number of carboxylic acid groups (broad SMARTS) is 1. The lowest BCUT2D eigenvalue weighted by Gasteiger charge is -2.25. The molecule has 2 N–H and O–H groups in total. The standard InChI is InChI=1S/C15H23NO3/c1-4-19-15(2,3)11-16-10-13-7-5-12(6-8-13)9-14(17)18/h5-8,16H,4,9-11H2,1-3H3,(H,17,18). The van der Waals surface area contributed by atoms with Crippen molar-refractivity contribution in [3.05, 3.63) is 35.4 Å². The van der Waals surface area contributed by atoms with Crippen LogP contribution in [0.5, 0.6) is 0 Å². The topological polar surface area (TPSA) is 58.6 Å². The van der Waals surface area contributed by atoms with E-state index in [9.17, 15) is 4.79 Å². The van der Waals surface area contributed by atoms with Crippen LogP contribution in [0.3, 0.4) is 0 Å². The minimum Gasteiger partial charge on any atom is -0.481 e. The summed E-state index contributed by atoms with van der Waals surface area (Å²) in [5.41, 5.74) is 1.80. The zero-order chi connectivity index (χ0) is 14.3. The van der Waals surface area contributed by atoms with Gasteiger partial charge in [-0.25, -0.2) is 0 Å². The molecule has 4 nitrogen and oxygen atoms in total. The number of hydrogen-bond donors (Lipinski definition) is 2. The average Bonchev–Trinajstić information content (AvgIpc) is 2.30. The number of carbonyl (C=O) groups is 1. The molecule has 0 aliphatic rings. The van der Waals surface area contributed by atoms with Crippen molar-refractivity contribution in [2.24, 2.45) is 0 Å². The predicted octanol–water partition coefficient (Wildman–Crippen LogP) is 2.22. The van der Waals surface area contributed by atoms with E-state index in [1.165, 1.54) is 0 Å². The smallest absolute Gasteiger partial charge is 0.307 e. The van der Waals surface area contributed by atoms with Crippen molar-refractivity contribution in [2.45, 2.75) is 39.3 Å². The number of nitrogens with one attached hydrogen (secondary N) is 1. The van der Waals surface area contributed by atoms with Gasteiger partial charge in [-0.2, -0.15) is 0 Å². The largest absolute Gasteiger partial charge is 0.481 e. The highest BCUT2D eigenvalue weighted by atomic mass is 16.5. The van der Waals surface area contributed by atoms with E-state index in [1.54, 1.807) is 0 Å². The molecule has 0 bridgehead atoms. The summed E-state index contributed by atoms with van der Waals surface area (Å²) in [6, 6.07) is 7.63.